The van der Waals surface area contributed by atoms with E-state index in [4.69, 9.17) is 0 Å². The fourth-order valence-electron chi connectivity index (χ4n) is 1.85. The van der Waals surface area contributed by atoms with Crippen LogP contribution in [-0.4, -0.2) is 6.26 Å². The maximum atomic E-state index is 2.31. The summed E-state index contributed by atoms with van der Waals surface area (Å²) in [4.78, 5) is 1.33. The first-order valence-corrected chi connectivity index (χ1v) is 6.44. The minimum Gasteiger partial charge on any atom is -0.130 e. The van der Waals surface area contributed by atoms with E-state index in [2.05, 4.69) is 50.4 Å². The highest BCUT2D eigenvalue weighted by molar-refractivity contribution is 7.98. The molecule has 2 rings (SSSR count). The number of hydrogen-bond donors (Lipinski definition) is 0. The lowest BCUT2D eigenvalue weighted by molar-refractivity contribution is 1.22. The Bertz CT molecular complexity index is 421. The smallest absolute Gasteiger partial charge is 0.00695 e. The molecular weight excluding hydrogens is 200 g/mol. The molecule has 0 atom stereocenters. The van der Waals surface area contributed by atoms with Gasteiger partial charge in [0, 0.05) is 4.90 Å². The van der Waals surface area contributed by atoms with Crippen molar-refractivity contribution in [2.24, 2.45) is 0 Å². The SMILES string of the molecule is CSc1ccc(C2=CC(C)=C(C)C2)cc1. The number of rotatable bonds is 2. The highest BCUT2D eigenvalue weighted by atomic mass is 32.2. The van der Waals surface area contributed by atoms with Crippen LogP contribution in [0.1, 0.15) is 25.8 Å². The van der Waals surface area contributed by atoms with Gasteiger partial charge in [-0.05, 0) is 49.8 Å². The molecule has 0 aromatic heterocycles. The van der Waals surface area contributed by atoms with E-state index in [1.54, 1.807) is 11.8 Å². The van der Waals surface area contributed by atoms with Crippen LogP contribution in [0.2, 0.25) is 0 Å². The Morgan fingerprint density at radius 2 is 1.73 bits per heavy atom. The lowest BCUT2D eigenvalue weighted by Gasteiger charge is -2.03. The number of allylic oxidation sites excluding steroid dienone is 4. The van der Waals surface area contributed by atoms with Gasteiger partial charge in [0.15, 0.2) is 0 Å². The quantitative estimate of drug-likeness (QED) is 0.654. The molecule has 78 valence electrons. The van der Waals surface area contributed by atoms with Gasteiger partial charge in [-0.25, -0.2) is 0 Å². The van der Waals surface area contributed by atoms with Crippen LogP contribution in [0.5, 0.6) is 0 Å². The molecule has 0 amide bonds. The van der Waals surface area contributed by atoms with Gasteiger partial charge in [0.2, 0.25) is 0 Å². The van der Waals surface area contributed by atoms with Crippen molar-refractivity contribution in [2.45, 2.75) is 25.2 Å². The van der Waals surface area contributed by atoms with Gasteiger partial charge in [-0.2, -0.15) is 0 Å². The zero-order valence-electron chi connectivity index (χ0n) is 9.50. The average Bonchev–Trinajstić information content (AvgIpc) is 2.59. The summed E-state index contributed by atoms with van der Waals surface area (Å²) in [5.41, 5.74) is 5.75. The third-order valence-corrected chi connectivity index (χ3v) is 3.72. The Hall–Kier alpha value is -0.950. The van der Waals surface area contributed by atoms with E-state index in [9.17, 15) is 0 Å². The van der Waals surface area contributed by atoms with Gasteiger partial charge in [0.05, 0.1) is 0 Å². The highest BCUT2D eigenvalue weighted by Gasteiger charge is 2.10. The van der Waals surface area contributed by atoms with Crippen LogP contribution < -0.4 is 0 Å². The van der Waals surface area contributed by atoms with Gasteiger partial charge in [-0.15, -0.1) is 11.8 Å². The van der Waals surface area contributed by atoms with E-state index in [0.717, 1.165) is 6.42 Å². The van der Waals surface area contributed by atoms with E-state index in [1.807, 2.05) is 0 Å². The Morgan fingerprint density at radius 1 is 1.07 bits per heavy atom. The van der Waals surface area contributed by atoms with Gasteiger partial charge in [0.25, 0.3) is 0 Å². The molecule has 0 bridgehead atoms. The van der Waals surface area contributed by atoms with Crippen LogP contribution in [0.15, 0.2) is 46.4 Å². The molecule has 0 unspecified atom stereocenters. The second kappa shape index (κ2) is 4.28. The molecule has 0 N–H and O–H groups in total. The third-order valence-electron chi connectivity index (χ3n) is 2.98. The molecule has 0 radical (unpaired) electrons. The molecule has 0 nitrogen and oxygen atoms in total. The van der Waals surface area contributed by atoms with Crippen molar-refractivity contribution in [3.63, 3.8) is 0 Å². The summed E-state index contributed by atoms with van der Waals surface area (Å²) in [7, 11) is 0. The Kier molecular flexibility index (Phi) is 3.01. The predicted octanol–water partition coefficient (Wildman–Crippen LogP) is 4.53. The average molecular weight is 216 g/mol. The summed E-state index contributed by atoms with van der Waals surface area (Å²) in [5.74, 6) is 0. The molecule has 0 saturated carbocycles. The van der Waals surface area contributed by atoms with Crippen molar-refractivity contribution in [1.29, 1.82) is 0 Å². The number of benzene rings is 1. The second-order valence-electron chi connectivity index (χ2n) is 4.04. The molecule has 1 aromatic carbocycles. The maximum absolute atomic E-state index is 2.31. The molecule has 0 saturated heterocycles. The van der Waals surface area contributed by atoms with E-state index in [-0.39, 0.29) is 0 Å². The van der Waals surface area contributed by atoms with Crippen LogP contribution in [0.25, 0.3) is 5.57 Å². The van der Waals surface area contributed by atoms with Crippen LogP contribution in [0.4, 0.5) is 0 Å². The zero-order valence-corrected chi connectivity index (χ0v) is 10.3. The van der Waals surface area contributed by atoms with Crippen molar-refractivity contribution in [2.75, 3.05) is 6.26 Å². The summed E-state index contributed by atoms with van der Waals surface area (Å²) in [6.45, 7) is 4.41. The molecule has 0 heterocycles. The molecule has 1 aromatic rings. The first kappa shape index (κ1) is 10.6. The predicted molar refractivity (Wildman–Crippen MR) is 69.2 cm³/mol. The minimum atomic E-state index is 1.12. The number of thioether (sulfide) groups is 1. The van der Waals surface area contributed by atoms with Crippen molar-refractivity contribution in [3.05, 3.63) is 47.1 Å². The van der Waals surface area contributed by atoms with Gasteiger partial charge >= 0.3 is 0 Å². The van der Waals surface area contributed by atoms with Gasteiger partial charge in [-0.3, -0.25) is 0 Å². The van der Waals surface area contributed by atoms with Crippen molar-refractivity contribution < 1.29 is 0 Å². The van der Waals surface area contributed by atoms with E-state index >= 15 is 0 Å². The maximum Gasteiger partial charge on any atom is 0.00695 e. The summed E-state index contributed by atoms with van der Waals surface area (Å²) in [6, 6.07) is 8.85. The van der Waals surface area contributed by atoms with Gasteiger partial charge < -0.3 is 0 Å². The standard InChI is InChI=1S/C14H16S/c1-10-8-13(9-11(10)2)12-4-6-14(15-3)7-5-12/h4-8H,9H2,1-3H3. The number of hydrogen-bond acceptors (Lipinski definition) is 1. The largest absolute Gasteiger partial charge is 0.130 e. The van der Waals surface area contributed by atoms with Crippen LogP contribution in [-0.2, 0) is 0 Å². The van der Waals surface area contributed by atoms with Crippen LogP contribution in [0.3, 0.4) is 0 Å². The Balaban J connectivity index is 2.23. The first-order chi connectivity index (χ1) is 7.20. The fraction of sp³-hybridized carbons (Fsp3) is 0.286. The van der Waals surface area contributed by atoms with Gasteiger partial charge in [-0.1, -0.05) is 29.4 Å². The minimum absolute atomic E-state index is 1.12. The monoisotopic (exact) mass is 216 g/mol. The van der Waals surface area contributed by atoms with Crippen molar-refractivity contribution in [3.8, 4) is 0 Å². The summed E-state index contributed by atoms with van der Waals surface area (Å²) in [6.07, 6.45) is 5.54. The van der Waals surface area contributed by atoms with Crippen LogP contribution >= 0.6 is 11.8 Å². The van der Waals surface area contributed by atoms with E-state index in [1.165, 1.54) is 27.2 Å². The third kappa shape index (κ3) is 2.18. The van der Waals surface area contributed by atoms with E-state index < -0.39 is 0 Å². The molecule has 1 heteroatoms. The van der Waals surface area contributed by atoms with Gasteiger partial charge in [0.1, 0.15) is 0 Å². The molecular formula is C14H16S. The molecule has 0 spiro atoms. The van der Waals surface area contributed by atoms with Crippen molar-refractivity contribution in [1.82, 2.24) is 0 Å². The summed E-state index contributed by atoms with van der Waals surface area (Å²) >= 11 is 1.79. The molecule has 15 heavy (non-hydrogen) atoms. The first-order valence-electron chi connectivity index (χ1n) is 5.22. The second-order valence-corrected chi connectivity index (χ2v) is 4.92. The van der Waals surface area contributed by atoms with Crippen LogP contribution in [0, 0.1) is 0 Å². The molecule has 1 aliphatic rings. The Morgan fingerprint density at radius 3 is 2.20 bits per heavy atom. The summed E-state index contributed by atoms with van der Waals surface area (Å²) < 4.78 is 0. The normalized spacial score (nSPS) is 15.8. The zero-order chi connectivity index (χ0) is 10.8. The topological polar surface area (TPSA) is 0 Å². The molecule has 0 fully saturated rings. The lowest BCUT2D eigenvalue weighted by atomic mass is 10.0. The fourth-order valence-corrected chi connectivity index (χ4v) is 2.26. The lowest BCUT2D eigenvalue weighted by Crippen LogP contribution is -1.81. The molecule has 1 aliphatic carbocycles. The summed E-state index contributed by atoms with van der Waals surface area (Å²) in [5, 5.41) is 0. The Labute approximate surface area is 96.1 Å². The van der Waals surface area contributed by atoms with E-state index in [0.29, 0.717) is 0 Å². The molecule has 0 aliphatic heterocycles. The highest BCUT2D eigenvalue weighted by Crippen LogP contribution is 2.32. The van der Waals surface area contributed by atoms with Crippen molar-refractivity contribution >= 4 is 17.3 Å².